The summed E-state index contributed by atoms with van der Waals surface area (Å²) in [5.41, 5.74) is -0.178. The smallest absolute Gasteiger partial charge is 0.382 e. The van der Waals surface area contributed by atoms with Crippen LogP contribution in [0.3, 0.4) is 0 Å². The molecule has 0 radical (unpaired) electrons. The number of rotatable bonds is 25. The summed E-state index contributed by atoms with van der Waals surface area (Å²) >= 11 is 0. The number of nitrogens with zero attached hydrogens (tertiary/aromatic N) is 5. The molecule has 2 fully saturated rings. The van der Waals surface area contributed by atoms with Gasteiger partial charge in [0.2, 0.25) is 5.60 Å². The summed E-state index contributed by atoms with van der Waals surface area (Å²) in [4.78, 5) is 14.7. The first-order valence-electron chi connectivity index (χ1n) is 19.5. The Labute approximate surface area is 322 Å². The molecule has 1 aromatic carbocycles. The van der Waals surface area contributed by atoms with Crippen LogP contribution in [0.25, 0.3) is 5.52 Å². The van der Waals surface area contributed by atoms with Gasteiger partial charge in [-0.3, -0.25) is 9.05 Å². The molecule has 3 unspecified atom stereocenters. The summed E-state index contributed by atoms with van der Waals surface area (Å²) in [5.74, 6) is -0.491. The van der Waals surface area contributed by atoms with Crippen LogP contribution in [0, 0.1) is 28.5 Å². The number of hydrogen-bond donors (Lipinski definition) is 4. The van der Waals surface area contributed by atoms with Crippen molar-refractivity contribution in [2.24, 2.45) is 0 Å². The Hall–Kier alpha value is -3.50. The summed E-state index contributed by atoms with van der Waals surface area (Å²) in [6.45, 7) is 1.19. The molecule has 0 amide bonds. The molecule has 16 heteroatoms. The normalized spacial score (nSPS) is 24.6. The standard InChI is InChI=1S/C39H54FN6O8P/c1-2-3-4-5-6-7-8-9-10-11-12-13-14-15-16-17-32(51-24-30-20-29(23-41)21-31(40)22-30)25-53-55(49,50)54-36-38(26-42)39(36,48)37(47,27-52-38)34-19-18-33-35(43)44-28-45-46(33)34/h18-22,28,32,36,47-48H,2-17,24-25,27H2,1H3,(H,49,50)(H2,43,44,45)/t32-,36?,37?,38-,39+/m1/s1. The first-order chi connectivity index (χ1) is 26.4. The molecular formula is C39H54FN6O8P. The van der Waals surface area contributed by atoms with Gasteiger partial charge in [-0.15, -0.1) is 0 Å². The Bertz CT molecular complexity index is 1870. The fourth-order valence-corrected chi connectivity index (χ4v) is 8.60. The summed E-state index contributed by atoms with van der Waals surface area (Å²) in [6, 6.07) is 10.5. The van der Waals surface area contributed by atoms with Crippen molar-refractivity contribution in [3.05, 3.63) is 59.3 Å². The topological polar surface area (TPSA) is 218 Å². The van der Waals surface area contributed by atoms with Gasteiger partial charge in [0, 0.05) is 0 Å². The van der Waals surface area contributed by atoms with E-state index < -0.39 is 55.9 Å². The number of phosphoric acid groups is 1. The monoisotopic (exact) mass is 784 g/mol. The van der Waals surface area contributed by atoms with Crippen LogP contribution in [0.1, 0.15) is 126 Å². The van der Waals surface area contributed by atoms with Crippen molar-refractivity contribution in [3.63, 3.8) is 0 Å². The third kappa shape index (κ3) is 9.73. The minimum Gasteiger partial charge on any atom is -0.382 e. The van der Waals surface area contributed by atoms with E-state index in [1.54, 1.807) is 6.07 Å². The Morgan fingerprint density at radius 1 is 1.02 bits per heavy atom. The Morgan fingerprint density at radius 2 is 1.65 bits per heavy atom. The third-order valence-electron chi connectivity index (χ3n) is 10.8. The summed E-state index contributed by atoms with van der Waals surface area (Å²) in [7, 11) is -5.01. The molecule has 0 spiro atoms. The zero-order chi connectivity index (χ0) is 39.5. The zero-order valence-corrected chi connectivity index (χ0v) is 32.5. The molecule has 2 aliphatic rings. The number of hydrogen-bond acceptors (Lipinski definition) is 12. The van der Waals surface area contributed by atoms with Gasteiger partial charge in [-0.05, 0) is 42.3 Å². The van der Waals surface area contributed by atoms with Crippen LogP contribution in [-0.4, -0.2) is 66.3 Å². The van der Waals surface area contributed by atoms with Gasteiger partial charge in [-0.2, -0.15) is 15.6 Å². The number of halogens is 1. The first-order valence-corrected chi connectivity index (χ1v) is 21.0. The van der Waals surface area contributed by atoms with Crippen LogP contribution in [0.4, 0.5) is 10.2 Å². The average Bonchev–Trinajstić information content (AvgIpc) is 3.40. The molecule has 1 aliphatic carbocycles. The molecule has 6 atom stereocenters. The summed E-state index contributed by atoms with van der Waals surface area (Å²) in [5, 5.41) is 46.9. The van der Waals surface area contributed by atoms with Crippen molar-refractivity contribution in [1.29, 1.82) is 10.5 Å². The van der Waals surface area contributed by atoms with Crippen molar-refractivity contribution < 1.29 is 42.6 Å². The SMILES string of the molecule is CCCCCCCCCCCCCCCCC[C@H](COP(=O)(O)OC1[C@@]2(C#N)OCC(O)(c3ccc4c(N)ncnn34)[C@@]12O)OCc1cc(F)cc(C#N)c1. The van der Waals surface area contributed by atoms with E-state index in [1.165, 1.54) is 99.4 Å². The summed E-state index contributed by atoms with van der Waals surface area (Å²) in [6.07, 6.45) is 17.1. The van der Waals surface area contributed by atoms with Crippen LogP contribution >= 0.6 is 7.82 Å². The van der Waals surface area contributed by atoms with E-state index in [-0.39, 0.29) is 23.7 Å². The molecule has 5 N–H and O–H groups in total. The largest absolute Gasteiger partial charge is 0.472 e. The Morgan fingerprint density at radius 3 is 2.27 bits per heavy atom. The lowest BCUT2D eigenvalue weighted by Gasteiger charge is -2.29. The highest BCUT2D eigenvalue weighted by Crippen LogP contribution is 2.69. The lowest BCUT2D eigenvalue weighted by atomic mass is 9.91. The zero-order valence-electron chi connectivity index (χ0n) is 31.6. The predicted octanol–water partition coefficient (Wildman–Crippen LogP) is 6.90. The predicted molar refractivity (Wildman–Crippen MR) is 200 cm³/mol. The Balaban J connectivity index is 1.13. The van der Waals surface area contributed by atoms with Gasteiger partial charge in [0.1, 0.15) is 23.7 Å². The van der Waals surface area contributed by atoms with Crippen molar-refractivity contribution >= 4 is 19.2 Å². The molecule has 1 saturated heterocycles. The molecule has 0 bridgehead atoms. The lowest BCUT2D eigenvalue weighted by Crippen LogP contribution is -2.46. The van der Waals surface area contributed by atoms with E-state index in [4.69, 9.17) is 24.3 Å². The third-order valence-corrected chi connectivity index (χ3v) is 11.8. The van der Waals surface area contributed by atoms with Crippen LogP contribution in [0.2, 0.25) is 0 Å². The molecular weight excluding hydrogens is 730 g/mol. The quantitative estimate of drug-likeness (QED) is 0.0508. The van der Waals surface area contributed by atoms with Crippen molar-refractivity contribution in [1.82, 2.24) is 14.6 Å². The van der Waals surface area contributed by atoms with Crippen molar-refractivity contribution in [2.45, 2.75) is 145 Å². The highest BCUT2D eigenvalue weighted by molar-refractivity contribution is 7.47. The second kappa shape index (κ2) is 19.1. The Kier molecular flexibility index (Phi) is 14.8. The van der Waals surface area contributed by atoms with E-state index in [2.05, 4.69) is 17.0 Å². The average molecular weight is 785 g/mol. The van der Waals surface area contributed by atoms with Crippen LogP contribution in [0.15, 0.2) is 36.7 Å². The number of aliphatic hydroxyl groups is 2. The molecule has 5 rings (SSSR count). The number of benzene rings is 1. The molecule has 3 aromatic rings. The number of phosphoric ester groups is 1. The van der Waals surface area contributed by atoms with Crippen LogP contribution < -0.4 is 5.73 Å². The van der Waals surface area contributed by atoms with E-state index in [0.29, 0.717) is 17.5 Å². The maximum absolute atomic E-state index is 14.1. The summed E-state index contributed by atoms with van der Waals surface area (Å²) < 4.78 is 51.0. The fourth-order valence-electron chi connectivity index (χ4n) is 7.61. The van der Waals surface area contributed by atoms with Crippen molar-refractivity contribution in [3.8, 4) is 12.1 Å². The molecule has 1 saturated carbocycles. The van der Waals surface area contributed by atoms with Gasteiger partial charge in [0.25, 0.3) is 0 Å². The van der Waals surface area contributed by atoms with E-state index >= 15 is 0 Å². The van der Waals surface area contributed by atoms with Gasteiger partial charge < -0.3 is 30.3 Å². The second-order valence-electron chi connectivity index (χ2n) is 14.8. The maximum atomic E-state index is 14.1. The number of unbranched alkanes of at least 4 members (excludes halogenated alkanes) is 14. The first kappa shape index (κ1) is 42.6. The number of aromatic nitrogens is 3. The van der Waals surface area contributed by atoms with E-state index in [9.17, 15) is 34.6 Å². The van der Waals surface area contributed by atoms with Crippen LogP contribution in [0.5, 0.6) is 0 Å². The van der Waals surface area contributed by atoms with E-state index in [1.807, 2.05) is 6.07 Å². The maximum Gasteiger partial charge on any atom is 0.472 e. The fraction of sp³-hybridized carbons (Fsp3) is 0.641. The second-order valence-corrected chi connectivity index (χ2v) is 16.2. The molecule has 300 valence electrons. The molecule has 3 heterocycles. The number of fused-ring (bicyclic) bond motifs is 2. The number of nitrogen functional groups attached to an aromatic ring is 1. The minimum atomic E-state index is -5.01. The van der Waals surface area contributed by atoms with Gasteiger partial charge in [0.05, 0.1) is 43.3 Å². The van der Waals surface area contributed by atoms with Gasteiger partial charge >= 0.3 is 7.82 Å². The van der Waals surface area contributed by atoms with Gasteiger partial charge in [-0.25, -0.2) is 18.5 Å². The highest BCUT2D eigenvalue weighted by atomic mass is 31.2. The molecule has 2 aromatic heterocycles. The number of anilines is 1. The van der Waals surface area contributed by atoms with Gasteiger partial charge in [-0.1, -0.05) is 103 Å². The molecule has 14 nitrogen and oxygen atoms in total. The lowest BCUT2D eigenvalue weighted by molar-refractivity contribution is -0.117. The number of ether oxygens (including phenoxy) is 2. The van der Waals surface area contributed by atoms with E-state index in [0.717, 1.165) is 38.1 Å². The van der Waals surface area contributed by atoms with Gasteiger partial charge in [0.15, 0.2) is 23.1 Å². The van der Waals surface area contributed by atoms with Crippen LogP contribution in [-0.2, 0) is 35.3 Å². The number of nitrogens with two attached hydrogens (primary N) is 1. The molecule has 1 aliphatic heterocycles. The minimum absolute atomic E-state index is 0.00452. The molecule has 55 heavy (non-hydrogen) atoms. The highest BCUT2D eigenvalue weighted by Gasteiger charge is 2.93. The number of nitriles is 2. The van der Waals surface area contributed by atoms with Crippen molar-refractivity contribution in [2.75, 3.05) is 18.9 Å².